The zero-order chi connectivity index (χ0) is 69.0. The monoisotopic (exact) mass is 1340 g/mol. The SMILES string of the molecule is COc1cc2c(cc1OCc1cc(COc3cc4c(cc3OC)C(=O)N3c5ccccc5CC3CN4)cc(N(C(C)(C)COC(C)C)C(C)(C)C(=O)N(C)CC(C)(C)Sc3cc(O)n(CC4CCC(C(=O)On5c(O)ccc5O)CC4)c3O)c1)N=CC1Cc3ccccc3N1C2=O. The summed E-state index contributed by atoms with van der Waals surface area (Å²) in [5.74, 6) is -1.12. The number of likely N-dealkylation sites (N-methyl/N-ethyl adjacent to an activating group) is 1. The molecule has 23 heteroatoms. The molecule has 97 heavy (non-hydrogen) atoms. The van der Waals surface area contributed by atoms with Crippen molar-refractivity contribution in [1.29, 1.82) is 0 Å². The number of hydrogen-bond acceptors (Lipinski definition) is 18. The summed E-state index contributed by atoms with van der Waals surface area (Å²) in [7, 11) is 4.84. The number of benzene rings is 5. The van der Waals surface area contributed by atoms with E-state index in [1.54, 1.807) is 42.2 Å². The van der Waals surface area contributed by atoms with Crippen molar-refractivity contribution in [3.63, 3.8) is 0 Å². The number of hydrogen-bond donors (Lipinski definition) is 5. The molecule has 3 amide bonds. The van der Waals surface area contributed by atoms with Crippen LogP contribution in [0.3, 0.4) is 0 Å². The van der Waals surface area contributed by atoms with E-state index in [0.717, 1.165) is 28.9 Å². The second-order valence-corrected chi connectivity index (χ2v) is 29.7. The zero-order valence-electron chi connectivity index (χ0n) is 56.8. The molecule has 4 aliphatic heterocycles. The van der Waals surface area contributed by atoms with Gasteiger partial charge in [-0.2, -0.15) is 0 Å². The number of thioether (sulfide) groups is 1. The summed E-state index contributed by atoms with van der Waals surface area (Å²) >= 11 is 1.33. The van der Waals surface area contributed by atoms with Gasteiger partial charge in [0.05, 0.1) is 77.9 Å². The number of ether oxygens (including phenoxy) is 5. The molecule has 7 aromatic rings. The van der Waals surface area contributed by atoms with Crippen LogP contribution < -0.4 is 43.8 Å². The zero-order valence-corrected chi connectivity index (χ0v) is 57.6. The number of anilines is 4. The highest BCUT2D eigenvalue weighted by molar-refractivity contribution is 8.00. The smallest absolute Gasteiger partial charge is 0.336 e. The lowest BCUT2D eigenvalue weighted by molar-refractivity contribution is -0.151. The molecule has 0 saturated heterocycles. The number of aromatic nitrogens is 2. The lowest BCUT2D eigenvalue weighted by atomic mass is 9.82. The minimum Gasteiger partial charge on any atom is -0.494 e. The number of nitrogens with one attached hydrogen (secondary N) is 1. The van der Waals surface area contributed by atoms with Crippen LogP contribution in [0.15, 0.2) is 119 Å². The van der Waals surface area contributed by atoms with Gasteiger partial charge in [0, 0.05) is 91.5 Å². The van der Waals surface area contributed by atoms with Crippen LogP contribution in [0.25, 0.3) is 0 Å². The molecule has 2 aromatic heterocycles. The number of methoxy groups -OCH3 is 2. The minimum atomic E-state index is -1.30. The van der Waals surface area contributed by atoms with Gasteiger partial charge in [-0.15, -0.1) is 16.5 Å². The molecular weight excluding hydrogens is 1260 g/mol. The van der Waals surface area contributed by atoms with Gasteiger partial charge >= 0.3 is 5.97 Å². The lowest BCUT2D eigenvalue weighted by Gasteiger charge is -2.51. The van der Waals surface area contributed by atoms with Gasteiger partial charge in [-0.05, 0) is 158 Å². The minimum absolute atomic E-state index is 0.00226. The summed E-state index contributed by atoms with van der Waals surface area (Å²) in [4.78, 5) is 75.5. The summed E-state index contributed by atoms with van der Waals surface area (Å²) in [6.45, 7) is 17.0. The highest BCUT2D eigenvalue weighted by Gasteiger charge is 2.46. The van der Waals surface area contributed by atoms with Crippen molar-refractivity contribution in [2.75, 3.05) is 61.0 Å². The van der Waals surface area contributed by atoms with E-state index >= 15 is 4.79 Å². The Bertz CT molecular complexity index is 4190. The number of carbonyl (C=O) groups excluding carboxylic acids is 4. The molecule has 0 spiro atoms. The average Bonchev–Trinajstić information content (AvgIpc) is 0.794. The van der Waals surface area contributed by atoms with Crippen LogP contribution in [0.2, 0.25) is 0 Å². The van der Waals surface area contributed by atoms with Crippen LogP contribution in [0.1, 0.15) is 124 Å². The second kappa shape index (κ2) is 26.8. The number of rotatable bonds is 23. The molecule has 5 N–H and O–H groups in total. The largest absolute Gasteiger partial charge is 0.494 e. The summed E-state index contributed by atoms with van der Waals surface area (Å²) in [5.41, 5.74) is 5.73. The third-order valence-electron chi connectivity index (χ3n) is 19.0. The maximum atomic E-state index is 15.7. The molecule has 5 aliphatic rings. The number of carbonyl (C=O) groups is 4. The summed E-state index contributed by atoms with van der Waals surface area (Å²) < 4.78 is 33.3. The van der Waals surface area contributed by atoms with E-state index in [-0.39, 0.29) is 80.0 Å². The first-order valence-corrected chi connectivity index (χ1v) is 33.8. The Morgan fingerprint density at radius 1 is 0.711 bits per heavy atom. The van der Waals surface area contributed by atoms with Gasteiger partial charge in [0.15, 0.2) is 28.9 Å². The van der Waals surface area contributed by atoms with Crippen LogP contribution in [0.5, 0.6) is 46.5 Å². The van der Waals surface area contributed by atoms with Crippen LogP contribution in [0, 0.1) is 11.8 Å². The van der Waals surface area contributed by atoms with Crippen molar-refractivity contribution in [2.24, 2.45) is 16.8 Å². The Labute approximate surface area is 569 Å². The molecule has 12 rings (SSSR count). The summed E-state index contributed by atoms with van der Waals surface area (Å²) in [5, 5.41) is 46.5. The Balaban J connectivity index is 0.821. The molecule has 0 bridgehead atoms. The van der Waals surface area contributed by atoms with Crippen LogP contribution in [-0.4, -0.2) is 140 Å². The van der Waals surface area contributed by atoms with Crippen molar-refractivity contribution in [3.8, 4) is 46.5 Å². The highest BCUT2D eigenvalue weighted by atomic mass is 32.2. The van der Waals surface area contributed by atoms with E-state index in [9.17, 15) is 34.8 Å². The van der Waals surface area contributed by atoms with Gasteiger partial charge in [-0.1, -0.05) is 36.4 Å². The van der Waals surface area contributed by atoms with Gasteiger partial charge in [0.2, 0.25) is 23.5 Å². The molecular formula is C74H86N8O14S. The predicted molar refractivity (Wildman–Crippen MR) is 371 cm³/mol. The molecule has 6 heterocycles. The maximum absolute atomic E-state index is 15.7. The van der Waals surface area contributed by atoms with Crippen LogP contribution in [-0.2, 0) is 46.9 Å². The lowest BCUT2D eigenvalue weighted by Crippen LogP contribution is -2.64. The third-order valence-corrected chi connectivity index (χ3v) is 20.2. The molecule has 1 aliphatic carbocycles. The fourth-order valence-corrected chi connectivity index (χ4v) is 15.8. The maximum Gasteiger partial charge on any atom is 0.336 e. The highest BCUT2D eigenvalue weighted by Crippen LogP contribution is 2.47. The van der Waals surface area contributed by atoms with Crippen molar-refractivity contribution in [3.05, 3.63) is 143 Å². The van der Waals surface area contributed by atoms with E-state index in [2.05, 4.69) is 16.3 Å². The molecule has 1 fully saturated rings. The van der Waals surface area contributed by atoms with E-state index in [0.29, 0.717) is 117 Å². The molecule has 5 aromatic carbocycles. The Hall–Kier alpha value is -9.48. The number of aromatic hydroxyl groups is 4. The van der Waals surface area contributed by atoms with E-state index in [4.69, 9.17) is 33.5 Å². The van der Waals surface area contributed by atoms with Crippen LogP contribution >= 0.6 is 11.8 Å². The average molecular weight is 1340 g/mol. The Kier molecular flexibility index (Phi) is 18.7. The first kappa shape index (κ1) is 67.5. The van der Waals surface area contributed by atoms with Crippen molar-refractivity contribution in [1.82, 2.24) is 14.2 Å². The van der Waals surface area contributed by atoms with Crippen molar-refractivity contribution >= 4 is 70.1 Å². The van der Waals surface area contributed by atoms with Gasteiger partial charge < -0.3 is 69.0 Å². The fraction of sp³-hybridized carbons (Fsp3) is 0.419. The second-order valence-electron chi connectivity index (χ2n) is 27.9. The molecule has 2 atom stereocenters. The molecule has 2 unspecified atom stereocenters. The summed E-state index contributed by atoms with van der Waals surface area (Å²) in [6.07, 6.45) is 5.18. The quantitative estimate of drug-likeness (QED) is 0.0373. The van der Waals surface area contributed by atoms with Crippen LogP contribution in [0.4, 0.5) is 28.4 Å². The summed E-state index contributed by atoms with van der Waals surface area (Å²) in [6, 6.07) is 32.4. The van der Waals surface area contributed by atoms with E-state index < -0.39 is 39.5 Å². The van der Waals surface area contributed by atoms with E-state index in [1.165, 1.54) is 41.6 Å². The Morgan fingerprint density at radius 2 is 1.31 bits per heavy atom. The molecule has 22 nitrogen and oxygen atoms in total. The predicted octanol–water partition coefficient (Wildman–Crippen LogP) is 11.9. The number of para-hydroxylation sites is 2. The topological polar surface area (TPSA) is 252 Å². The number of aliphatic imine (C=N–C) groups is 1. The number of amides is 3. The van der Waals surface area contributed by atoms with Gasteiger partial charge in [-0.25, -0.2) is 4.79 Å². The third kappa shape index (κ3) is 13.6. The van der Waals surface area contributed by atoms with E-state index in [1.807, 2.05) is 133 Å². The van der Waals surface area contributed by atoms with Crippen molar-refractivity contribution in [2.45, 2.75) is 153 Å². The van der Waals surface area contributed by atoms with Crippen molar-refractivity contribution < 1.29 is 68.1 Å². The molecule has 512 valence electrons. The first-order valence-electron chi connectivity index (χ1n) is 33.0. The first-order chi connectivity index (χ1) is 46.2. The Morgan fingerprint density at radius 3 is 1.95 bits per heavy atom. The number of fused-ring (bicyclic) bond motifs is 8. The standard InChI is InChI=1S/C74H86N8O14S/c1-43(2)95-42-72(3,4)82(74(7,8)71(90)77(9)41-73(5,6)97-63-35-66(85)78(69(63)88)38-44-20-22-47(23-21-44)70(89)96-81-64(83)24-25-65(81)84)50-27-45(39-93-61-33-55-53(31-59(61)91-10)67(86)79-51(36-75-55)29-48-16-12-14-18-57(48)79)26-46(28-50)40-94-62-34-56-54(32-60(62)92-11)68(87)80-52(37-76-56)30-49-17-13-15-19-58(49)80/h12-19,24-28,31-36,43-44,47,51-52,76,83-85,88H,20-23,29-30,37-42H2,1-11H3. The van der Waals surface area contributed by atoms with Gasteiger partial charge in [-0.3, -0.25) is 28.8 Å². The van der Waals surface area contributed by atoms with Gasteiger partial charge in [0.1, 0.15) is 18.8 Å². The normalized spacial score (nSPS) is 18.0. The number of nitrogens with zero attached hydrogens (tertiary/aromatic N) is 7. The van der Waals surface area contributed by atoms with Gasteiger partial charge in [0.25, 0.3) is 11.8 Å². The molecule has 1 saturated carbocycles. The molecule has 0 radical (unpaired) electrons. The fourth-order valence-electron chi connectivity index (χ4n) is 14.6.